The van der Waals surface area contributed by atoms with Crippen molar-refractivity contribution in [2.75, 3.05) is 0 Å². The van der Waals surface area contributed by atoms with Gasteiger partial charge in [-0.15, -0.1) is 0 Å². The zero-order valence-electron chi connectivity index (χ0n) is 12.7. The second-order valence-electron chi connectivity index (χ2n) is 5.94. The van der Waals surface area contributed by atoms with Gasteiger partial charge < -0.3 is 5.73 Å². The van der Waals surface area contributed by atoms with E-state index < -0.39 is 5.91 Å². The maximum Gasteiger partial charge on any atom is 0.269 e. The summed E-state index contributed by atoms with van der Waals surface area (Å²) in [5, 5.41) is 5.15. The molecule has 1 aromatic heterocycles. The summed E-state index contributed by atoms with van der Waals surface area (Å²) >= 11 is 6.31. The van der Waals surface area contributed by atoms with E-state index in [1.807, 2.05) is 29.9 Å². The first-order valence-corrected chi connectivity index (χ1v) is 8.04. The Morgan fingerprint density at radius 2 is 2.18 bits per heavy atom. The van der Waals surface area contributed by atoms with E-state index in [1.165, 1.54) is 0 Å². The molecule has 1 unspecified atom stereocenters. The van der Waals surface area contributed by atoms with Gasteiger partial charge in [0.15, 0.2) is 5.69 Å². The first-order valence-electron chi connectivity index (χ1n) is 7.67. The van der Waals surface area contributed by atoms with E-state index in [9.17, 15) is 4.79 Å². The van der Waals surface area contributed by atoms with Crippen molar-refractivity contribution in [3.63, 3.8) is 0 Å². The van der Waals surface area contributed by atoms with Gasteiger partial charge in [-0.1, -0.05) is 36.2 Å². The number of amides is 1. The quantitative estimate of drug-likeness (QED) is 0.883. The molecule has 2 aromatic rings. The molecule has 0 radical (unpaired) electrons. The molecule has 1 heterocycles. The van der Waals surface area contributed by atoms with Gasteiger partial charge in [0.2, 0.25) is 0 Å². The largest absolute Gasteiger partial charge is 0.364 e. The van der Waals surface area contributed by atoms with Crippen molar-refractivity contribution in [1.29, 1.82) is 0 Å². The highest BCUT2D eigenvalue weighted by Crippen LogP contribution is 2.35. The molecule has 2 N–H and O–H groups in total. The number of carbonyl (C=O) groups excluding carboxylic acids is 1. The molecular weight excluding hydrogens is 298 g/mol. The van der Waals surface area contributed by atoms with Gasteiger partial charge in [0, 0.05) is 29.2 Å². The van der Waals surface area contributed by atoms with Crippen molar-refractivity contribution in [2.45, 2.75) is 38.0 Å². The van der Waals surface area contributed by atoms with Gasteiger partial charge in [-0.3, -0.25) is 9.48 Å². The summed E-state index contributed by atoms with van der Waals surface area (Å²) in [6.45, 7) is 0. The van der Waals surface area contributed by atoms with Crippen molar-refractivity contribution in [3.8, 4) is 0 Å². The summed E-state index contributed by atoms with van der Waals surface area (Å²) in [5.74, 6) is -0.113. The third-order valence-corrected chi connectivity index (χ3v) is 4.84. The molecule has 3 rings (SSSR count). The Bertz CT molecular complexity index is 708. The summed E-state index contributed by atoms with van der Waals surface area (Å²) in [7, 11) is 1.90. The highest BCUT2D eigenvalue weighted by Gasteiger charge is 2.28. The third kappa shape index (κ3) is 2.75. The number of aryl methyl sites for hydroxylation is 1. The topological polar surface area (TPSA) is 60.9 Å². The van der Waals surface area contributed by atoms with E-state index in [4.69, 9.17) is 17.3 Å². The molecule has 0 fully saturated rings. The van der Waals surface area contributed by atoms with Crippen LogP contribution in [0.1, 0.15) is 52.5 Å². The standard InChI is InChI=1S/C17H20ClN3O/c1-21-16-12(10-11-6-3-5-9-14(11)18)7-2-4-8-13(16)15(20-21)17(19)22/h3,5-6,9,12H,2,4,7-8,10H2,1H3,(H2,19,22). The number of halogens is 1. The van der Waals surface area contributed by atoms with Gasteiger partial charge in [-0.05, 0) is 37.3 Å². The van der Waals surface area contributed by atoms with Crippen LogP contribution in [-0.4, -0.2) is 15.7 Å². The molecule has 0 aliphatic heterocycles. The van der Waals surface area contributed by atoms with E-state index in [1.54, 1.807) is 0 Å². The van der Waals surface area contributed by atoms with Crippen LogP contribution in [0, 0.1) is 0 Å². The Morgan fingerprint density at radius 3 is 2.91 bits per heavy atom. The minimum atomic E-state index is -0.435. The van der Waals surface area contributed by atoms with Crippen molar-refractivity contribution in [1.82, 2.24) is 9.78 Å². The fraction of sp³-hybridized carbons (Fsp3) is 0.412. The molecule has 1 amide bonds. The van der Waals surface area contributed by atoms with Gasteiger partial charge in [0.1, 0.15) is 0 Å². The SMILES string of the molecule is Cn1nc(C(N)=O)c2c1C(Cc1ccccc1Cl)CCCC2. The van der Waals surface area contributed by atoms with E-state index in [2.05, 4.69) is 11.2 Å². The Kier molecular flexibility index (Phi) is 4.21. The summed E-state index contributed by atoms with van der Waals surface area (Å²) in [6.07, 6.45) is 5.03. The summed E-state index contributed by atoms with van der Waals surface area (Å²) in [5.41, 5.74) is 9.24. The number of hydrogen-bond acceptors (Lipinski definition) is 2. The fourth-order valence-corrected chi connectivity index (χ4v) is 3.71. The molecule has 116 valence electrons. The van der Waals surface area contributed by atoms with Crippen molar-refractivity contribution in [2.24, 2.45) is 12.8 Å². The Labute approximate surface area is 135 Å². The van der Waals surface area contributed by atoms with E-state index >= 15 is 0 Å². The van der Waals surface area contributed by atoms with Crippen LogP contribution in [0.5, 0.6) is 0 Å². The van der Waals surface area contributed by atoms with Crippen LogP contribution in [0.2, 0.25) is 5.02 Å². The molecule has 0 bridgehead atoms. The number of primary amides is 1. The number of fused-ring (bicyclic) bond motifs is 1. The second-order valence-corrected chi connectivity index (χ2v) is 6.35. The molecule has 1 atom stereocenters. The van der Waals surface area contributed by atoms with Gasteiger partial charge in [0.25, 0.3) is 5.91 Å². The molecule has 0 saturated heterocycles. The maximum absolute atomic E-state index is 11.6. The van der Waals surface area contributed by atoms with Gasteiger partial charge in [-0.25, -0.2) is 0 Å². The molecule has 4 nitrogen and oxygen atoms in total. The Morgan fingerprint density at radius 1 is 1.41 bits per heavy atom. The zero-order valence-corrected chi connectivity index (χ0v) is 13.4. The number of aromatic nitrogens is 2. The number of hydrogen-bond donors (Lipinski definition) is 1. The average molecular weight is 318 g/mol. The van der Waals surface area contributed by atoms with Crippen LogP contribution in [0.4, 0.5) is 0 Å². The third-order valence-electron chi connectivity index (χ3n) is 4.47. The molecule has 1 aliphatic carbocycles. The number of nitrogens with zero attached hydrogens (tertiary/aromatic N) is 2. The normalized spacial score (nSPS) is 17.8. The van der Waals surface area contributed by atoms with Crippen molar-refractivity contribution >= 4 is 17.5 Å². The van der Waals surface area contributed by atoms with E-state index in [0.29, 0.717) is 11.6 Å². The van der Waals surface area contributed by atoms with E-state index in [-0.39, 0.29) is 0 Å². The van der Waals surface area contributed by atoms with Crippen LogP contribution in [0.3, 0.4) is 0 Å². The molecule has 0 saturated carbocycles. The van der Waals surface area contributed by atoms with Crippen LogP contribution >= 0.6 is 11.6 Å². The number of carbonyl (C=O) groups is 1. The molecule has 1 aliphatic rings. The molecule has 1 aromatic carbocycles. The monoisotopic (exact) mass is 317 g/mol. The number of nitrogens with two attached hydrogens (primary N) is 1. The minimum Gasteiger partial charge on any atom is -0.364 e. The zero-order chi connectivity index (χ0) is 15.7. The summed E-state index contributed by atoms with van der Waals surface area (Å²) < 4.78 is 1.84. The van der Waals surface area contributed by atoms with Crippen LogP contribution < -0.4 is 5.73 Å². The van der Waals surface area contributed by atoms with Gasteiger partial charge >= 0.3 is 0 Å². The predicted molar refractivity (Wildman–Crippen MR) is 87.2 cm³/mol. The lowest BCUT2D eigenvalue weighted by Gasteiger charge is -2.17. The second kappa shape index (κ2) is 6.13. The molecule has 22 heavy (non-hydrogen) atoms. The Balaban J connectivity index is 2.01. The average Bonchev–Trinajstić information content (AvgIpc) is 2.68. The van der Waals surface area contributed by atoms with Crippen molar-refractivity contribution in [3.05, 3.63) is 51.8 Å². The number of rotatable bonds is 3. The molecule has 5 heteroatoms. The maximum atomic E-state index is 11.6. The highest BCUT2D eigenvalue weighted by atomic mass is 35.5. The van der Waals surface area contributed by atoms with E-state index in [0.717, 1.165) is 53.9 Å². The summed E-state index contributed by atoms with van der Waals surface area (Å²) in [4.78, 5) is 11.6. The lowest BCUT2D eigenvalue weighted by molar-refractivity contribution is 0.0994. The lowest BCUT2D eigenvalue weighted by Crippen LogP contribution is -2.14. The molecular formula is C17H20ClN3O. The predicted octanol–water partition coefficient (Wildman–Crippen LogP) is 3.23. The minimum absolute atomic E-state index is 0.322. The first-order chi connectivity index (χ1) is 10.6. The van der Waals surface area contributed by atoms with Crippen LogP contribution in [0.25, 0.3) is 0 Å². The van der Waals surface area contributed by atoms with Gasteiger partial charge in [-0.2, -0.15) is 5.10 Å². The first kappa shape index (κ1) is 15.1. The van der Waals surface area contributed by atoms with Crippen molar-refractivity contribution < 1.29 is 4.79 Å². The lowest BCUT2D eigenvalue weighted by atomic mass is 9.91. The van der Waals surface area contributed by atoms with Gasteiger partial charge in [0.05, 0.1) is 0 Å². The number of benzene rings is 1. The molecule has 0 spiro atoms. The smallest absolute Gasteiger partial charge is 0.269 e. The summed E-state index contributed by atoms with van der Waals surface area (Å²) in [6, 6.07) is 7.95. The Hall–Kier alpha value is -1.81. The van der Waals surface area contributed by atoms with Crippen LogP contribution in [-0.2, 0) is 19.9 Å². The fourth-order valence-electron chi connectivity index (χ4n) is 3.49. The van der Waals surface area contributed by atoms with Crippen LogP contribution in [0.15, 0.2) is 24.3 Å². The highest BCUT2D eigenvalue weighted by molar-refractivity contribution is 6.31.